The Labute approximate surface area is 121 Å². The van der Waals surface area contributed by atoms with E-state index in [0.717, 1.165) is 24.8 Å². The second-order valence-corrected chi connectivity index (χ2v) is 3.86. The van der Waals surface area contributed by atoms with Crippen LogP contribution in [0.1, 0.15) is 13.8 Å². The topological polar surface area (TPSA) is 77.8 Å². The van der Waals surface area contributed by atoms with E-state index < -0.39 is 29.1 Å². The lowest BCUT2D eigenvalue weighted by atomic mass is 10.2. The maximum Gasteiger partial charge on any atom is 0.342 e. The summed E-state index contributed by atoms with van der Waals surface area (Å²) in [6, 6.07) is 3.97. The van der Waals surface area contributed by atoms with Crippen LogP contribution in [-0.4, -0.2) is 35.2 Å². The minimum Gasteiger partial charge on any atom is -0.477 e. The molecule has 2 N–H and O–H groups in total. The summed E-state index contributed by atoms with van der Waals surface area (Å²) in [7, 11) is 0. The molecule has 0 saturated carbocycles. The number of carbonyl (C=O) groups is 2. The average molecular weight is 301 g/mol. The molecule has 0 heterocycles. The first-order valence-electron chi connectivity index (χ1n) is 6.10. The van der Waals surface area contributed by atoms with Crippen molar-refractivity contribution in [1.82, 2.24) is 0 Å². The number of rotatable bonds is 5. The molecule has 116 valence electrons. The Morgan fingerprint density at radius 1 is 1.10 bits per heavy atom. The summed E-state index contributed by atoms with van der Waals surface area (Å²) in [4.78, 5) is 21.3. The Bertz CT molecular complexity index is 512. The number of hydrogen-bond donors (Lipinski definition) is 2. The van der Waals surface area contributed by atoms with Gasteiger partial charge in [-0.25, -0.2) is 18.4 Å². The van der Waals surface area contributed by atoms with Gasteiger partial charge in [-0.1, -0.05) is 6.58 Å². The van der Waals surface area contributed by atoms with Gasteiger partial charge in [0.1, 0.15) is 5.57 Å². The molecule has 0 aromatic heterocycles. The lowest BCUT2D eigenvalue weighted by Crippen LogP contribution is -2.21. The number of halogens is 2. The molecule has 0 amide bonds. The van der Waals surface area contributed by atoms with Gasteiger partial charge in [0, 0.05) is 24.8 Å². The monoisotopic (exact) mass is 301 g/mol. The van der Waals surface area contributed by atoms with E-state index in [1.807, 2.05) is 18.7 Å². The predicted molar refractivity (Wildman–Crippen MR) is 74.3 cm³/mol. The standard InChI is InChI=1S/C10H13F2N.C4H4O4/c1-3-13(4-2)8-5-6-9(11)10(12)7-8;1-2(3(5)6)4(7)8/h5-7H,3-4H2,1-2H3;1H2,(H,5,6)(H,7,8). The van der Waals surface area contributed by atoms with Crippen LogP contribution in [0.2, 0.25) is 0 Å². The number of hydrogen-bond acceptors (Lipinski definition) is 3. The molecule has 1 aromatic rings. The summed E-state index contributed by atoms with van der Waals surface area (Å²) < 4.78 is 25.4. The largest absolute Gasteiger partial charge is 0.477 e. The quantitative estimate of drug-likeness (QED) is 0.496. The fourth-order valence-corrected chi connectivity index (χ4v) is 1.36. The Morgan fingerprint density at radius 3 is 1.86 bits per heavy atom. The molecular formula is C14H17F2NO4. The molecule has 1 rings (SSSR count). The zero-order valence-electron chi connectivity index (χ0n) is 11.8. The van der Waals surface area contributed by atoms with Crippen molar-refractivity contribution in [3.8, 4) is 0 Å². The van der Waals surface area contributed by atoms with Gasteiger partial charge in [-0.15, -0.1) is 0 Å². The van der Waals surface area contributed by atoms with Gasteiger partial charge in [0.2, 0.25) is 0 Å². The van der Waals surface area contributed by atoms with Crippen LogP contribution in [0.5, 0.6) is 0 Å². The average Bonchev–Trinajstić information content (AvgIpc) is 2.43. The molecule has 0 saturated heterocycles. The van der Waals surface area contributed by atoms with Crippen LogP contribution < -0.4 is 4.90 Å². The van der Waals surface area contributed by atoms with Crippen LogP contribution in [0.15, 0.2) is 30.4 Å². The van der Waals surface area contributed by atoms with Crippen molar-refractivity contribution < 1.29 is 28.6 Å². The van der Waals surface area contributed by atoms with Gasteiger partial charge in [0.25, 0.3) is 0 Å². The van der Waals surface area contributed by atoms with Gasteiger partial charge in [0.15, 0.2) is 11.6 Å². The third-order valence-electron chi connectivity index (χ3n) is 2.55. The molecule has 0 spiro atoms. The lowest BCUT2D eigenvalue weighted by molar-refractivity contribution is -0.140. The van der Waals surface area contributed by atoms with E-state index in [1.165, 1.54) is 6.07 Å². The van der Waals surface area contributed by atoms with Crippen molar-refractivity contribution in [1.29, 1.82) is 0 Å². The SMILES string of the molecule is C=C(C(=O)O)C(=O)O.CCN(CC)c1ccc(F)c(F)c1. The Balaban J connectivity index is 0.000000433. The van der Waals surface area contributed by atoms with E-state index in [1.54, 1.807) is 6.07 Å². The highest BCUT2D eigenvalue weighted by atomic mass is 19.2. The van der Waals surface area contributed by atoms with Crippen molar-refractivity contribution >= 4 is 17.6 Å². The van der Waals surface area contributed by atoms with Crippen molar-refractivity contribution in [2.75, 3.05) is 18.0 Å². The molecular weight excluding hydrogens is 284 g/mol. The summed E-state index contributed by atoms with van der Waals surface area (Å²) >= 11 is 0. The van der Waals surface area contributed by atoms with Gasteiger partial charge >= 0.3 is 11.9 Å². The van der Waals surface area contributed by atoms with Gasteiger partial charge in [-0.2, -0.15) is 0 Å². The van der Waals surface area contributed by atoms with Crippen LogP contribution in [-0.2, 0) is 9.59 Å². The normalized spacial score (nSPS) is 9.33. The molecule has 0 aliphatic heterocycles. The number of benzene rings is 1. The van der Waals surface area contributed by atoms with Crippen LogP contribution in [0, 0.1) is 11.6 Å². The smallest absolute Gasteiger partial charge is 0.342 e. The van der Waals surface area contributed by atoms with Crippen molar-refractivity contribution in [3.63, 3.8) is 0 Å². The van der Waals surface area contributed by atoms with E-state index in [9.17, 15) is 18.4 Å². The summed E-state index contributed by atoms with van der Waals surface area (Å²) in [5.41, 5.74) is -0.0890. The number of carboxylic acid groups (broad SMARTS) is 2. The lowest BCUT2D eigenvalue weighted by Gasteiger charge is -2.20. The molecule has 1 aromatic carbocycles. The molecule has 21 heavy (non-hydrogen) atoms. The minimum atomic E-state index is -1.50. The zero-order chi connectivity index (χ0) is 16.6. The van der Waals surface area contributed by atoms with Gasteiger partial charge < -0.3 is 15.1 Å². The molecule has 0 atom stereocenters. The third-order valence-corrected chi connectivity index (χ3v) is 2.55. The number of aliphatic carboxylic acids is 2. The van der Waals surface area contributed by atoms with E-state index in [0.29, 0.717) is 0 Å². The van der Waals surface area contributed by atoms with Crippen molar-refractivity contribution in [2.24, 2.45) is 0 Å². The van der Waals surface area contributed by atoms with Crippen molar-refractivity contribution in [3.05, 3.63) is 42.0 Å². The highest BCUT2D eigenvalue weighted by molar-refractivity contribution is 6.11. The Hall–Kier alpha value is -2.44. The van der Waals surface area contributed by atoms with E-state index >= 15 is 0 Å². The van der Waals surface area contributed by atoms with E-state index in [4.69, 9.17) is 10.2 Å². The maximum atomic E-state index is 12.8. The van der Waals surface area contributed by atoms with E-state index in [2.05, 4.69) is 6.58 Å². The van der Waals surface area contributed by atoms with Gasteiger partial charge in [0.05, 0.1) is 0 Å². The van der Waals surface area contributed by atoms with Gasteiger partial charge in [-0.05, 0) is 26.0 Å². The highest BCUT2D eigenvalue weighted by Gasteiger charge is 2.10. The van der Waals surface area contributed by atoms with Crippen LogP contribution >= 0.6 is 0 Å². The second-order valence-electron chi connectivity index (χ2n) is 3.86. The molecule has 0 aliphatic carbocycles. The van der Waals surface area contributed by atoms with Gasteiger partial charge in [-0.3, -0.25) is 0 Å². The zero-order valence-corrected chi connectivity index (χ0v) is 11.8. The first-order valence-corrected chi connectivity index (χ1v) is 6.10. The first kappa shape index (κ1) is 18.6. The fourth-order valence-electron chi connectivity index (χ4n) is 1.36. The molecule has 5 nitrogen and oxygen atoms in total. The molecule has 7 heteroatoms. The number of carboxylic acids is 2. The van der Waals surface area contributed by atoms with Crippen LogP contribution in [0.4, 0.5) is 14.5 Å². The fraction of sp³-hybridized carbons (Fsp3) is 0.286. The number of nitrogens with zero attached hydrogens (tertiary/aromatic N) is 1. The Morgan fingerprint density at radius 2 is 1.57 bits per heavy atom. The number of anilines is 1. The predicted octanol–water partition coefficient (Wildman–Crippen LogP) is 2.52. The summed E-state index contributed by atoms with van der Waals surface area (Å²) in [6.07, 6.45) is 0. The summed E-state index contributed by atoms with van der Waals surface area (Å²) in [5.74, 6) is -4.59. The molecule has 0 fully saturated rings. The highest BCUT2D eigenvalue weighted by Crippen LogP contribution is 2.17. The van der Waals surface area contributed by atoms with Crippen molar-refractivity contribution in [2.45, 2.75) is 13.8 Å². The molecule has 0 radical (unpaired) electrons. The Kier molecular flexibility index (Phi) is 7.67. The first-order chi connectivity index (χ1) is 9.74. The molecule has 0 unspecified atom stereocenters. The summed E-state index contributed by atoms with van der Waals surface area (Å²) in [5, 5.41) is 15.7. The third kappa shape index (κ3) is 6.03. The van der Waals surface area contributed by atoms with Crippen LogP contribution in [0.25, 0.3) is 0 Å². The maximum absolute atomic E-state index is 12.8. The minimum absolute atomic E-state index is 0.726. The van der Waals surface area contributed by atoms with E-state index in [-0.39, 0.29) is 0 Å². The molecule has 0 bridgehead atoms. The second kappa shape index (κ2) is 8.68. The molecule has 0 aliphatic rings. The van der Waals surface area contributed by atoms with Crippen LogP contribution in [0.3, 0.4) is 0 Å². The summed E-state index contributed by atoms with van der Waals surface area (Å²) in [6.45, 7) is 8.29.